The number of hydrogen-bond acceptors (Lipinski definition) is 4. The van der Waals surface area contributed by atoms with Crippen LogP contribution in [-0.2, 0) is 4.74 Å². The van der Waals surface area contributed by atoms with Gasteiger partial charge in [0.05, 0.1) is 23.4 Å². The molecule has 21 heavy (non-hydrogen) atoms. The number of aryl methyl sites for hydroxylation is 1. The molecule has 3 rings (SSSR count). The van der Waals surface area contributed by atoms with Crippen LogP contribution in [0.4, 0.5) is 0 Å². The van der Waals surface area contributed by atoms with Crippen LogP contribution in [0.5, 0.6) is 0 Å². The fraction of sp³-hybridized carbons (Fsp3) is 0.250. The molecule has 0 saturated heterocycles. The Kier molecular flexibility index (Phi) is 3.59. The Morgan fingerprint density at radius 2 is 2.19 bits per heavy atom. The zero-order valence-corrected chi connectivity index (χ0v) is 13.6. The van der Waals surface area contributed by atoms with Gasteiger partial charge < -0.3 is 4.74 Å². The van der Waals surface area contributed by atoms with Crippen molar-refractivity contribution in [3.05, 3.63) is 55.6 Å². The molecule has 0 aromatic carbocycles. The number of halogens is 1. The van der Waals surface area contributed by atoms with E-state index in [9.17, 15) is 4.79 Å². The van der Waals surface area contributed by atoms with E-state index in [1.54, 1.807) is 11.3 Å². The minimum Gasteiger partial charge on any atom is -0.495 e. The Hall–Kier alpha value is -1.65. The van der Waals surface area contributed by atoms with Gasteiger partial charge in [0.15, 0.2) is 5.78 Å². The van der Waals surface area contributed by atoms with E-state index < -0.39 is 0 Å². The summed E-state index contributed by atoms with van der Waals surface area (Å²) >= 11 is 7.85. The molecule has 0 fully saturated rings. The van der Waals surface area contributed by atoms with E-state index in [4.69, 9.17) is 16.3 Å². The Morgan fingerprint density at radius 1 is 1.43 bits per heavy atom. The molecule has 2 aliphatic rings. The summed E-state index contributed by atoms with van der Waals surface area (Å²) in [5.41, 5.74) is 3.74. The van der Waals surface area contributed by atoms with Crippen LogP contribution in [0.3, 0.4) is 0 Å². The quantitative estimate of drug-likeness (QED) is 0.775. The molecule has 2 heterocycles. The highest BCUT2D eigenvalue weighted by molar-refractivity contribution is 7.10. The fourth-order valence-corrected chi connectivity index (χ4v) is 3.56. The van der Waals surface area contributed by atoms with Crippen molar-refractivity contribution in [3.8, 4) is 0 Å². The van der Waals surface area contributed by atoms with E-state index >= 15 is 0 Å². The average Bonchev–Trinajstić information content (AvgIpc) is 3.01. The van der Waals surface area contributed by atoms with Crippen molar-refractivity contribution >= 4 is 34.4 Å². The van der Waals surface area contributed by atoms with Crippen molar-refractivity contribution in [2.24, 2.45) is 4.99 Å². The molecule has 0 atom stereocenters. The van der Waals surface area contributed by atoms with Crippen molar-refractivity contribution in [2.45, 2.75) is 20.3 Å². The van der Waals surface area contributed by atoms with E-state index in [1.807, 2.05) is 31.4 Å². The Balaban J connectivity index is 2.17. The summed E-state index contributed by atoms with van der Waals surface area (Å²) in [5, 5.41) is 2.39. The first-order valence-electron chi connectivity index (χ1n) is 6.54. The summed E-state index contributed by atoms with van der Waals surface area (Å²) in [6, 6.07) is 1.89. The van der Waals surface area contributed by atoms with Gasteiger partial charge in [-0.25, -0.2) is 0 Å². The lowest BCUT2D eigenvalue weighted by Gasteiger charge is -2.20. The summed E-state index contributed by atoms with van der Waals surface area (Å²) in [7, 11) is 1.54. The maximum atomic E-state index is 12.9. The van der Waals surface area contributed by atoms with Crippen LogP contribution in [0, 0.1) is 6.92 Å². The summed E-state index contributed by atoms with van der Waals surface area (Å²) in [6.07, 6.45) is 2.43. The first-order chi connectivity index (χ1) is 10.0. The number of hydrogen-bond donors (Lipinski definition) is 0. The van der Waals surface area contributed by atoms with E-state index in [2.05, 4.69) is 4.99 Å². The van der Waals surface area contributed by atoms with E-state index in [0.717, 1.165) is 21.9 Å². The van der Waals surface area contributed by atoms with Crippen LogP contribution in [-0.4, -0.2) is 18.6 Å². The van der Waals surface area contributed by atoms with Crippen molar-refractivity contribution in [2.75, 3.05) is 7.11 Å². The topological polar surface area (TPSA) is 38.7 Å². The number of methoxy groups -OCH3 is 1. The maximum Gasteiger partial charge on any atom is 0.198 e. The van der Waals surface area contributed by atoms with Gasteiger partial charge in [-0.2, -0.15) is 0 Å². The number of Topliss-reactive ketones (excluding diaryl/α,β-unsaturated/α-hetero) is 1. The molecule has 5 heteroatoms. The molecule has 0 amide bonds. The minimum atomic E-state index is -0.0669. The number of aliphatic imine (C=N–C) groups is 1. The van der Waals surface area contributed by atoms with Gasteiger partial charge in [0.1, 0.15) is 5.76 Å². The van der Waals surface area contributed by atoms with Gasteiger partial charge in [0.2, 0.25) is 0 Å². The van der Waals surface area contributed by atoms with E-state index in [-0.39, 0.29) is 5.78 Å². The third-order valence-electron chi connectivity index (χ3n) is 3.46. The Labute approximate surface area is 132 Å². The van der Waals surface area contributed by atoms with Crippen LogP contribution in [0.15, 0.2) is 50.1 Å². The number of ketones is 1. The summed E-state index contributed by atoms with van der Waals surface area (Å²) in [6.45, 7) is 3.89. The van der Waals surface area contributed by atoms with Gasteiger partial charge in [-0.3, -0.25) is 9.79 Å². The SMILES string of the molecule is COC1=C(Cl)CC2=NC(C)=CC2=C1C(=O)c1csc(C)c1. The highest BCUT2D eigenvalue weighted by atomic mass is 35.5. The largest absolute Gasteiger partial charge is 0.495 e. The highest BCUT2D eigenvalue weighted by Crippen LogP contribution is 2.37. The monoisotopic (exact) mass is 319 g/mol. The molecule has 1 aromatic heterocycles. The molecule has 1 aliphatic carbocycles. The predicted octanol–water partition coefficient (Wildman–Crippen LogP) is 4.39. The summed E-state index contributed by atoms with van der Waals surface area (Å²) in [4.78, 5) is 18.4. The molecule has 108 valence electrons. The number of carbonyl (C=O) groups excluding carboxylic acids is 1. The average molecular weight is 320 g/mol. The molecule has 0 unspecified atom stereocenters. The number of fused-ring (bicyclic) bond motifs is 1. The van der Waals surface area contributed by atoms with Crippen molar-refractivity contribution in [3.63, 3.8) is 0 Å². The first-order valence-corrected chi connectivity index (χ1v) is 7.80. The Morgan fingerprint density at radius 3 is 2.81 bits per heavy atom. The van der Waals surface area contributed by atoms with E-state index in [1.165, 1.54) is 7.11 Å². The van der Waals surface area contributed by atoms with Crippen LogP contribution in [0.1, 0.15) is 28.6 Å². The second-order valence-corrected chi connectivity index (χ2v) is 6.59. The molecule has 0 radical (unpaired) electrons. The van der Waals surface area contributed by atoms with Crippen LogP contribution in [0.2, 0.25) is 0 Å². The highest BCUT2D eigenvalue weighted by Gasteiger charge is 2.32. The normalized spacial score (nSPS) is 17.7. The molecule has 3 nitrogen and oxygen atoms in total. The lowest BCUT2D eigenvalue weighted by atomic mass is 9.90. The smallest absolute Gasteiger partial charge is 0.198 e. The molecule has 1 aliphatic heterocycles. The number of nitrogens with zero attached hydrogens (tertiary/aromatic N) is 1. The standard InChI is InChI=1S/C16H14ClNO2S/c1-8-4-11-13(18-8)6-12(17)16(20-3)14(11)15(19)10-5-9(2)21-7-10/h4-5,7H,6H2,1-3H3. The van der Waals surface area contributed by atoms with Gasteiger partial charge in [-0.1, -0.05) is 11.6 Å². The molecular weight excluding hydrogens is 306 g/mol. The van der Waals surface area contributed by atoms with Crippen LogP contribution < -0.4 is 0 Å². The molecule has 1 aromatic rings. The first kappa shape index (κ1) is 14.3. The lowest BCUT2D eigenvalue weighted by molar-refractivity contribution is 0.102. The van der Waals surface area contributed by atoms with E-state index in [0.29, 0.717) is 28.3 Å². The molecular formula is C16H14ClNO2S. The molecule has 0 saturated carbocycles. The number of rotatable bonds is 3. The van der Waals surface area contributed by atoms with Gasteiger partial charge in [0, 0.05) is 33.5 Å². The molecule has 0 spiro atoms. The summed E-state index contributed by atoms with van der Waals surface area (Å²) in [5.74, 6) is 0.396. The fourth-order valence-electron chi connectivity index (χ4n) is 2.58. The predicted molar refractivity (Wildman–Crippen MR) is 86.1 cm³/mol. The third kappa shape index (κ3) is 2.39. The number of thiophene rings is 1. The Bertz CT molecular complexity index is 765. The van der Waals surface area contributed by atoms with Crippen molar-refractivity contribution < 1.29 is 9.53 Å². The van der Waals surface area contributed by atoms with Gasteiger partial charge in [-0.15, -0.1) is 11.3 Å². The second-order valence-electron chi connectivity index (χ2n) is 5.02. The minimum absolute atomic E-state index is 0.0669. The van der Waals surface area contributed by atoms with Gasteiger partial charge in [-0.05, 0) is 26.0 Å². The van der Waals surface area contributed by atoms with Crippen molar-refractivity contribution in [1.29, 1.82) is 0 Å². The lowest BCUT2D eigenvalue weighted by Crippen LogP contribution is -2.18. The van der Waals surface area contributed by atoms with Gasteiger partial charge >= 0.3 is 0 Å². The zero-order chi connectivity index (χ0) is 15.1. The number of carbonyl (C=O) groups is 1. The van der Waals surface area contributed by atoms with Crippen LogP contribution in [0.25, 0.3) is 0 Å². The second kappa shape index (κ2) is 5.28. The summed E-state index contributed by atoms with van der Waals surface area (Å²) < 4.78 is 5.40. The molecule has 0 N–H and O–H groups in total. The number of allylic oxidation sites excluding steroid dienone is 5. The number of ether oxygens (including phenoxy) is 1. The zero-order valence-electron chi connectivity index (χ0n) is 12.0. The third-order valence-corrected chi connectivity index (χ3v) is 4.63. The van der Waals surface area contributed by atoms with Gasteiger partial charge in [0.25, 0.3) is 0 Å². The van der Waals surface area contributed by atoms with Crippen molar-refractivity contribution in [1.82, 2.24) is 0 Å². The molecule has 0 bridgehead atoms. The van der Waals surface area contributed by atoms with Crippen LogP contribution >= 0.6 is 22.9 Å². The maximum absolute atomic E-state index is 12.9.